The molecule has 0 amide bonds. The van der Waals surface area contributed by atoms with Gasteiger partial charge in [0, 0.05) is 11.6 Å². The molecule has 0 atom stereocenters. The van der Waals surface area contributed by atoms with Crippen LogP contribution in [0.3, 0.4) is 0 Å². The fourth-order valence-corrected chi connectivity index (χ4v) is 3.16. The van der Waals surface area contributed by atoms with E-state index < -0.39 is 0 Å². The first-order valence-corrected chi connectivity index (χ1v) is 7.97. The molecule has 0 saturated carbocycles. The Kier molecular flexibility index (Phi) is 3.31. The number of halogens is 1. The number of aromatic nitrogens is 2. The average molecular weight is 323 g/mol. The second-order valence-corrected chi connectivity index (χ2v) is 6.32. The van der Waals surface area contributed by atoms with E-state index >= 15 is 0 Å². The third-order valence-electron chi connectivity index (χ3n) is 4.23. The van der Waals surface area contributed by atoms with Crippen LogP contribution in [0.5, 0.6) is 0 Å². The Bertz CT molecular complexity index is 1000. The summed E-state index contributed by atoms with van der Waals surface area (Å²) in [5.41, 5.74) is 4.11. The van der Waals surface area contributed by atoms with E-state index in [9.17, 15) is 4.79 Å². The van der Waals surface area contributed by atoms with Crippen LogP contribution in [0.15, 0.2) is 47.3 Å². The normalized spacial score (nSPS) is 15.3. The molecule has 2 aromatic carbocycles. The van der Waals surface area contributed by atoms with Gasteiger partial charge < -0.3 is 0 Å². The van der Waals surface area contributed by atoms with E-state index in [-0.39, 0.29) is 5.56 Å². The number of nitrogens with zero attached hydrogens (tertiary/aromatic N) is 2. The Balaban J connectivity index is 1.89. The van der Waals surface area contributed by atoms with E-state index in [4.69, 9.17) is 11.6 Å². The number of aryl methyl sites for hydroxylation is 1. The molecule has 0 aliphatic carbocycles. The molecule has 3 aromatic rings. The first-order chi connectivity index (χ1) is 11.1. The van der Waals surface area contributed by atoms with Gasteiger partial charge in [0.05, 0.1) is 10.9 Å². The highest BCUT2D eigenvalue weighted by Crippen LogP contribution is 2.28. The molecule has 1 aliphatic rings. The van der Waals surface area contributed by atoms with Crippen LogP contribution in [0, 0.1) is 6.92 Å². The van der Waals surface area contributed by atoms with Crippen molar-refractivity contribution in [2.45, 2.75) is 19.9 Å². The highest BCUT2D eigenvalue weighted by molar-refractivity contribution is 6.31. The van der Waals surface area contributed by atoms with Gasteiger partial charge in [0.2, 0.25) is 0 Å². The van der Waals surface area contributed by atoms with E-state index in [1.54, 1.807) is 22.8 Å². The zero-order valence-electron chi connectivity index (χ0n) is 12.7. The van der Waals surface area contributed by atoms with Crippen LogP contribution in [0.4, 0.5) is 0 Å². The molecule has 0 bridgehead atoms. The van der Waals surface area contributed by atoms with Crippen LogP contribution < -0.4 is 5.56 Å². The van der Waals surface area contributed by atoms with Gasteiger partial charge in [-0.05, 0) is 48.8 Å². The monoisotopic (exact) mass is 322 g/mol. The summed E-state index contributed by atoms with van der Waals surface area (Å²) >= 11 is 6.04. The van der Waals surface area contributed by atoms with Crippen molar-refractivity contribution in [1.82, 2.24) is 9.55 Å². The van der Waals surface area contributed by atoms with Gasteiger partial charge >= 0.3 is 0 Å². The Morgan fingerprint density at radius 1 is 1.17 bits per heavy atom. The van der Waals surface area contributed by atoms with Crippen molar-refractivity contribution in [2.75, 3.05) is 0 Å². The predicted octanol–water partition coefficient (Wildman–Crippen LogP) is 4.30. The van der Waals surface area contributed by atoms with Gasteiger partial charge in [-0.1, -0.05) is 41.4 Å². The van der Waals surface area contributed by atoms with Gasteiger partial charge in [0.15, 0.2) is 0 Å². The van der Waals surface area contributed by atoms with E-state index in [2.05, 4.69) is 42.2 Å². The van der Waals surface area contributed by atoms with Crippen LogP contribution in [-0.4, -0.2) is 9.55 Å². The fourth-order valence-electron chi connectivity index (χ4n) is 2.99. The third kappa shape index (κ3) is 2.47. The summed E-state index contributed by atoms with van der Waals surface area (Å²) in [4.78, 5) is 17.3. The lowest BCUT2D eigenvalue weighted by Crippen LogP contribution is -2.20. The van der Waals surface area contributed by atoms with Crippen molar-refractivity contribution in [1.29, 1.82) is 0 Å². The van der Waals surface area contributed by atoms with E-state index in [1.165, 1.54) is 5.56 Å². The number of hydrogen-bond acceptors (Lipinski definition) is 2. The zero-order chi connectivity index (χ0) is 16.0. The Morgan fingerprint density at radius 2 is 1.96 bits per heavy atom. The molecule has 4 heteroatoms. The minimum absolute atomic E-state index is 0.00831. The van der Waals surface area contributed by atoms with Crippen LogP contribution in [0.25, 0.3) is 22.6 Å². The molecule has 3 nitrogen and oxygen atoms in total. The predicted molar refractivity (Wildman–Crippen MR) is 94.7 cm³/mol. The number of hydrogen-bond donors (Lipinski definition) is 0. The van der Waals surface area contributed by atoms with Gasteiger partial charge in [-0.3, -0.25) is 9.36 Å². The first-order valence-electron chi connectivity index (χ1n) is 7.59. The molecule has 4 rings (SSSR count). The molecule has 0 radical (unpaired) electrons. The summed E-state index contributed by atoms with van der Waals surface area (Å²) in [5.74, 6) is 0.755. The second kappa shape index (κ2) is 5.36. The zero-order valence-corrected chi connectivity index (χ0v) is 13.5. The molecule has 0 fully saturated rings. The van der Waals surface area contributed by atoms with Crippen LogP contribution in [0.1, 0.15) is 23.4 Å². The molecule has 1 aromatic heterocycles. The maximum atomic E-state index is 12.6. The Morgan fingerprint density at radius 3 is 2.74 bits per heavy atom. The number of fused-ring (bicyclic) bond motifs is 2. The quantitative estimate of drug-likeness (QED) is 0.669. The van der Waals surface area contributed by atoms with E-state index in [0.29, 0.717) is 22.5 Å². The number of rotatable bonds is 1. The molecular formula is C19H15ClN2O. The van der Waals surface area contributed by atoms with Crippen LogP contribution in [0.2, 0.25) is 5.02 Å². The fraction of sp³-hybridized carbons (Fsp3) is 0.158. The molecule has 1 aliphatic heterocycles. The summed E-state index contributed by atoms with van der Waals surface area (Å²) in [6, 6.07) is 13.6. The van der Waals surface area contributed by atoms with Crippen LogP contribution in [-0.2, 0) is 6.54 Å². The van der Waals surface area contributed by atoms with Gasteiger partial charge in [-0.25, -0.2) is 4.98 Å². The molecule has 0 N–H and O–H groups in total. The maximum Gasteiger partial charge on any atom is 0.261 e. The third-order valence-corrected chi connectivity index (χ3v) is 4.46. The lowest BCUT2D eigenvalue weighted by atomic mass is 10.1. The molecule has 0 unspecified atom stereocenters. The number of benzene rings is 2. The van der Waals surface area contributed by atoms with Crippen molar-refractivity contribution in [3.63, 3.8) is 0 Å². The SMILES string of the molecule is Cc1ccc(/C=C2\CCn3c2nc2cc(Cl)ccc2c3=O)cc1. The minimum Gasteiger partial charge on any atom is -0.292 e. The van der Waals surface area contributed by atoms with Gasteiger partial charge in [-0.15, -0.1) is 0 Å². The lowest BCUT2D eigenvalue weighted by Gasteiger charge is -2.06. The highest BCUT2D eigenvalue weighted by Gasteiger charge is 2.20. The van der Waals surface area contributed by atoms with Crippen molar-refractivity contribution >= 4 is 34.2 Å². The molecule has 0 saturated heterocycles. The van der Waals surface area contributed by atoms with Gasteiger partial charge in [0.25, 0.3) is 5.56 Å². The smallest absolute Gasteiger partial charge is 0.261 e. The van der Waals surface area contributed by atoms with Crippen molar-refractivity contribution < 1.29 is 0 Å². The number of allylic oxidation sites excluding steroid dienone is 1. The molecule has 114 valence electrons. The first kappa shape index (κ1) is 14.2. The van der Waals surface area contributed by atoms with Crippen LogP contribution >= 0.6 is 11.6 Å². The summed E-state index contributed by atoms with van der Waals surface area (Å²) in [6.07, 6.45) is 2.93. The molecular weight excluding hydrogens is 308 g/mol. The minimum atomic E-state index is 0.00831. The van der Waals surface area contributed by atoms with Crippen molar-refractivity contribution in [3.05, 3.63) is 74.8 Å². The summed E-state index contributed by atoms with van der Waals surface area (Å²) in [5, 5.41) is 1.21. The van der Waals surface area contributed by atoms with Gasteiger partial charge in [0.1, 0.15) is 5.82 Å². The van der Waals surface area contributed by atoms with E-state index in [0.717, 1.165) is 23.4 Å². The van der Waals surface area contributed by atoms with E-state index in [1.807, 2.05) is 0 Å². The highest BCUT2D eigenvalue weighted by atomic mass is 35.5. The van der Waals surface area contributed by atoms with Gasteiger partial charge in [-0.2, -0.15) is 0 Å². The Labute approximate surface area is 138 Å². The molecule has 2 heterocycles. The topological polar surface area (TPSA) is 34.9 Å². The van der Waals surface area contributed by atoms with Crippen molar-refractivity contribution in [2.24, 2.45) is 0 Å². The molecule has 0 spiro atoms. The summed E-state index contributed by atoms with van der Waals surface area (Å²) < 4.78 is 1.76. The lowest BCUT2D eigenvalue weighted by molar-refractivity contribution is 0.725. The summed E-state index contributed by atoms with van der Waals surface area (Å²) in [7, 11) is 0. The largest absolute Gasteiger partial charge is 0.292 e. The van der Waals surface area contributed by atoms with Crippen molar-refractivity contribution in [3.8, 4) is 0 Å². The Hall–Kier alpha value is -2.39. The standard InChI is InChI=1S/C19H15ClN2O/c1-12-2-4-13(5-3-12)10-14-8-9-22-18(14)21-17-11-15(20)6-7-16(17)19(22)23/h2-7,10-11H,8-9H2,1H3/b14-10+. The summed E-state index contributed by atoms with van der Waals surface area (Å²) in [6.45, 7) is 2.75. The average Bonchev–Trinajstić information content (AvgIpc) is 2.93. The molecule has 23 heavy (non-hydrogen) atoms. The maximum absolute atomic E-state index is 12.6. The second-order valence-electron chi connectivity index (χ2n) is 5.88.